The van der Waals surface area contributed by atoms with E-state index in [4.69, 9.17) is 4.42 Å². The molecule has 1 aliphatic heterocycles. The third-order valence-corrected chi connectivity index (χ3v) is 4.91. The Labute approximate surface area is 160 Å². The quantitative estimate of drug-likeness (QED) is 0.678. The van der Waals surface area contributed by atoms with Crippen molar-refractivity contribution in [2.24, 2.45) is 0 Å². The van der Waals surface area contributed by atoms with Crippen LogP contribution in [0.1, 0.15) is 29.6 Å². The fourth-order valence-electron chi connectivity index (χ4n) is 3.05. The topological polar surface area (TPSA) is 97.0 Å². The summed E-state index contributed by atoms with van der Waals surface area (Å²) in [6, 6.07) is 5.53. The van der Waals surface area contributed by atoms with Crippen LogP contribution in [-0.2, 0) is 4.79 Å². The van der Waals surface area contributed by atoms with Gasteiger partial charge in [-0.05, 0) is 31.6 Å². The summed E-state index contributed by atoms with van der Waals surface area (Å²) in [4.78, 5) is 23.2. The summed E-state index contributed by atoms with van der Waals surface area (Å²) in [5, 5.41) is 11.6. The van der Waals surface area contributed by atoms with Gasteiger partial charge in [-0.1, -0.05) is 11.3 Å². The van der Waals surface area contributed by atoms with Crippen molar-refractivity contribution in [1.29, 1.82) is 0 Å². The third-order valence-electron chi connectivity index (χ3n) is 4.30. The lowest BCUT2D eigenvalue weighted by molar-refractivity contribution is -0.124. The molecule has 0 aromatic carbocycles. The van der Waals surface area contributed by atoms with Crippen LogP contribution in [0.4, 0.5) is 10.9 Å². The molecule has 1 saturated heterocycles. The normalized spacial score (nSPS) is 16.9. The van der Waals surface area contributed by atoms with Crippen LogP contribution < -0.4 is 5.32 Å². The van der Waals surface area contributed by atoms with Crippen molar-refractivity contribution in [3.05, 3.63) is 53.3 Å². The minimum absolute atomic E-state index is 0.0214. The molecule has 3 aromatic heterocycles. The average Bonchev–Trinajstić information content (AvgIpc) is 3.40. The van der Waals surface area contributed by atoms with E-state index in [1.165, 1.54) is 11.3 Å². The number of likely N-dealkylation sites (tertiary alicyclic amines) is 1. The average molecular weight is 382 g/mol. The highest BCUT2D eigenvalue weighted by Gasteiger charge is 2.27. The van der Waals surface area contributed by atoms with Gasteiger partial charge < -0.3 is 14.6 Å². The van der Waals surface area contributed by atoms with E-state index in [9.17, 15) is 4.79 Å². The largest absolute Gasteiger partial charge is 0.465 e. The number of aryl methyl sites for hydroxylation is 1. The van der Waals surface area contributed by atoms with Crippen LogP contribution in [0, 0.1) is 6.92 Å². The van der Waals surface area contributed by atoms with Gasteiger partial charge in [0.2, 0.25) is 11.0 Å². The maximum absolute atomic E-state index is 12.4. The molecule has 1 fully saturated rings. The Bertz CT molecular complexity index is 939. The Balaban J connectivity index is 1.43. The minimum Gasteiger partial charge on any atom is -0.465 e. The lowest BCUT2D eigenvalue weighted by Crippen LogP contribution is -2.26. The fraction of sp³-hybridized carbons (Fsp3) is 0.278. The highest BCUT2D eigenvalue weighted by Crippen LogP contribution is 2.28. The van der Waals surface area contributed by atoms with Gasteiger partial charge in [0.15, 0.2) is 0 Å². The first kappa shape index (κ1) is 17.3. The molecule has 1 amide bonds. The van der Waals surface area contributed by atoms with Crippen molar-refractivity contribution < 1.29 is 9.21 Å². The third kappa shape index (κ3) is 4.20. The SMILES string of the molecule is Cc1nc(Nc2nncs2)cc([C@H]2CCN(C(=O)/C=C/c3ccco3)C2)n1. The molecule has 0 unspecified atom stereocenters. The van der Waals surface area contributed by atoms with Gasteiger partial charge in [0.25, 0.3) is 0 Å². The number of hydrogen-bond donors (Lipinski definition) is 1. The number of rotatable bonds is 5. The number of anilines is 2. The summed E-state index contributed by atoms with van der Waals surface area (Å²) in [5.74, 6) is 2.20. The van der Waals surface area contributed by atoms with Gasteiger partial charge in [0, 0.05) is 31.1 Å². The molecular weight excluding hydrogens is 364 g/mol. The van der Waals surface area contributed by atoms with Gasteiger partial charge in [-0.2, -0.15) is 0 Å². The Morgan fingerprint density at radius 1 is 1.44 bits per heavy atom. The number of furan rings is 1. The van der Waals surface area contributed by atoms with E-state index in [-0.39, 0.29) is 11.8 Å². The number of amides is 1. The molecule has 3 aromatic rings. The molecule has 0 aliphatic carbocycles. The summed E-state index contributed by atoms with van der Waals surface area (Å²) >= 11 is 1.41. The smallest absolute Gasteiger partial charge is 0.246 e. The highest BCUT2D eigenvalue weighted by molar-refractivity contribution is 7.13. The molecule has 4 heterocycles. The zero-order valence-corrected chi connectivity index (χ0v) is 15.5. The van der Waals surface area contributed by atoms with E-state index in [2.05, 4.69) is 25.5 Å². The lowest BCUT2D eigenvalue weighted by Gasteiger charge is -2.15. The molecule has 27 heavy (non-hydrogen) atoms. The monoisotopic (exact) mass is 382 g/mol. The van der Waals surface area contributed by atoms with Gasteiger partial charge >= 0.3 is 0 Å². The van der Waals surface area contributed by atoms with Crippen molar-refractivity contribution in [2.45, 2.75) is 19.3 Å². The minimum atomic E-state index is -0.0214. The fourth-order valence-corrected chi connectivity index (χ4v) is 3.50. The molecule has 9 heteroatoms. The van der Waals surface area contributed by atoms with Gasteiger partial charge in [0.1, 0.15) is 22.9 Å². The van der Waals surface area contributed by atoms with Crippen LogP contribution in [0.5, 0.6) is 0 Å². The predicted octanol–water partition coefficient (Wildman–Crippen LogP) is 3.00. The Morgan fingerprint density at radius 3 is 3.15 bits per heavy atom. The molecule has 1 atom stereocenters. The first-order valence-corrected chi connectivity index (χ1v) is 9.44. The van der Waals surface area contributed by atoms with Crippen molar-refractivity contribution in [3.63, 3.8) is 0 Å². The highest BCUT2D eigenvalue weighted by atomic mass is 32.1. The predicted molar refractivity (Wildman–Crippen MR) is 102 cm³/mol. The first-order valence-electron chi connectivity index (χ1n) is 8.56. The second kappa shape index (κ2) is 7.67. The van der Waals surface area contributed by atoms with E-state index in [0.717, 1.165) is 12.1 Å². The number of hydrogen-bond acceptors (Lipinski definition) is 8. The molecule has 0 saturated carbocycles. The molecule has 0 spiro atoms. The molecular formula is C18H18N6O2S. The van der Waals surface area contributed by atoms with Gasteiger partial charge in [-0.25, -0.2) is 9.97 Å². The number of carbonyl (C=O) groups excluding carboxylic acids is 1. The number of nitrogens with zero attached hydrogens (tertiary/aromatic N) is 5. The van der Waals surface area contributed by atoms with Crippen molar-refractivity contribution in [3.8, 4) is 0 Å². The Kier molecular flexibility index (Phi) is 4.93. The van der Waals surface area contributed by atoms with Gasteiger partial charge in [-0.3, -0.25) is 4.79 Å². The van der Waals surface area contributed by atoms with Crippen LogP contribution in [0.25, 0.3) is 6.08 Å². The van der Waals surface area contributed by atoms with Gasteiger partial charge in [-0.15, -0.1) is 10.2 Å². The summed E-state index contributed by atoms with van der Waals surface area (Å²) in [6.07, 6.45) is 5.69. The molecule has 4 rings (SSSR count). The molecule has 1 N–H and O–H groups in total. The van der Waals surface area contributed by atoms with Crippen LogP contribution in [0.15, 0.2) is 40.5 Å². The van der Waals surface area contributed by atoms with E-state index in [1.54, 1.807) is 30.0 Å². The van der Waals surface area contributed by atoms with Crippen LogP contribution in [-0.4, -0.2) is 44.1 Å². The van der Waals surface area contributed by atoms with Crippen molar-refractivity contribution in [2.75, 3.05) is 18.4 Å². The van der Waals surface area contributed by atoms with Crippen LogP contribution in [0.2, 0.25) is 0 Å². The zero-order chi connectivity index (χ0) is 18.6. The standard InChI is InChI=1S/C18H18N6O2S/c1-12-20-15(9-16(21-12)22-18-23-19-11-27-18)13-6-7-24(10-13)17(25)5-4-14-3-2-8-26-14/h2-5,8-9,11,13H,6-7,10H2,1H3,(H,20,21,22,23)/b5-4+/t13-/m0/s1. The first-order chi connectivity index (χ1) is 13.2. The molecule has 0 bridgehead atoms. The van der Waals surface area contributed by atoms with E-state index < -0.39 is 0 Å². The van der Waals surface area contributed by atoms with Crippen molar-refractivity contribution >= 4 is 34.3 Å². The Morgan fingerprint density at radius 2 is 2.37 bits per heavy atom. The Hall–Kier alpha value is -3.07. The zero-order valence-electron chi connectivity index (χ0n) is 14.7. The lowest BCUT2D eigenvalue weighted by atomic mass is 10.0. The second-order valence-electron chi connectivity index (χ2n) is 6.21. The number of aromatic nitrogens is 4. The number of nitrogens with one attached hydrogen (secondary N) is 1. The molecule has 0 radical (unpaired) electrons. The summed E-state index contributed by atoms with van der Waals surface area (Å²) in [5.41, 5.74) is 2.59. The van der Waals surface area contributed by atoms with Crippen LogP contribution >= 0.6 is 11.3 Å². The van der Waals surface area contributed by atoms with E-state index in [1.807, 2.05) is 24.0 Å². The molecule has 138 valence electrons. The van der Waals surface area contributed by atoms with Crippen LogP contribution in [0.3, 0.4) is 0 Å². The summed E-state index contributed by atoms with van der Waals surface area (Å²) in [6.45, 7) is 3.20. The summed E-state index contributed by atoms with van der Waals surface area (Å²) in [7, 11) is 0. The molecule has 1 aliphatic rings. The molecule has 8 nitrogen and oxygen atoms in total. The van der Waals surface area contributed by atoms with Crippen molar-refractivity contribution in [1.82, 2.24) is 25.1 Å². The maximum Gasteiger partial charge on any atom is 0.246 e. The number of carbonyl (C=O) groups is 1. The van der Waals surface area contributed by atoms with E-state index in [0.29, 0.717) is 35.6 Å². The summed E-state index contributed by atoms with van der Waals surface area (Å²) < 4.78 is 5.22. The van der Waals surface area contributed by atoms with Gasteiger partial charge in [0.05, 0.1) is 12.0 Å². The van der Waals surface area contributed by atoms with E-state index >= 15 is 0 Å². The second-order valence-corrected chi connectivity index (χ2v) is 7.05. The maximum atomic E-state index is 12.4.